The van der Waals surface area contributed by atoms with Crippen molar-refractivity contribution in [3.8, 4) is 22.9 Å². The van der Waals surface area contributed by atoms with Crippen molar-refractivity contribution >= 4 is 23.3 Å². The number of ether oxygens (including phenoxy) is 2. The van der Waals surface area contributed by atoms with Crippen LogP contribution in [0.2, 0.25) is 0 Å². The lowest BCUT2D eigenvalue weighted by molar-refractivity contribution is -0.137. The molecular weight excluding hydrogens is 372 g/mol. The van der Waals surface area contributed by atoms with Crippen LogP contribution in [0.25, 0.3) is 16.7 Å². The van der Waals surface area contributed by atoms with Crippen LogP contribution in [0.1, 0.15) is 11.3 Å². The van der Waals surface area contributed by atoms with E-state index < -0.39 is 5.97 Å². The first-order chi connectivity index (χ1) is 13.6. The van der Waals surface area contributed by atoms with Gasteiger partial charge in [0.2, 0.25) is 0 Å². The van der Waals surface area contributed by atoms with Gasteiger partial charge in [0, 0.05) is 11.1 Å². The highest BCUT2D eigenvalue weighted by Crippen LogP contribution is 2.37. The van der Waals surface area contributed by atoms with Crippen molar-refractivity contribution in [2.45, 2.75) is 5.03 Å². The average Bonchev–Trinajstić information content (AvgIpc) is 2.74. The molecule has 0 unspecified atom stereocenters. The molecule has 0 atom stereocenters. The molecule has 0 amide bonds. The first kappa shape index (κ1) is 21.0. The molecule has 0 spiro atoms. The average molecular weight is 392 g/mol. The second-order valence-electron chi connectivity index (χ2n) is 5.47. The Hall–Kier alpha value is -3.30. The van der Waals surface area contributed by atoms with Crippen molar-refractivity contribution in [2.24, 2.45) is 0 Å². The highest BCUT2D eigenvalue weighted by atomic mass is 32.2. The molecule has 0 aliphatic rings. The number of para-hydroxylation sites is 1. The number of carbonyl (C=O) groups is 1. The van der Waals surface area contributed by atoms with E-state index in [1.54, 1.807) is 25.3 Å². The predicted molar refractivity (Wildman–Crippen MR) is 112 cm³/mol. The molecule has 1 aromatic carbocycles. The summed E-state index contributed by atoms with van der Waals surface area (Å²) in [5.74, 6) is 0.278. The van der Waals surface area contributed by atoms with Crippen LogP contribution >= 0.6 is 11.8 Å². The van der Waals surface area contributed by atoms with Gasteiger partial charge in [-0.2, -0.15) is 5.26 Å². The number of pyridine rings is 1. The third kappa shape index (κ3) is 4.70. The number of esters is 1. The topological polar surface area (TPSA) is 72.2 Å². The summed E-state index contributed by atoms with van der Waals surface area (Å²) >= 11 is 1.15. The van der Waals surface area contributed by atoms with Crippen LogP contribution in [-0.2, 0) is 9.53 Å². The summed E-state index contributed by atoms with van der Waals surface area (Å²) in [5.41, 5.74) is 3.14. The summed E-state index contributed by atoms with van der Waals surface area (Å²) in [7, 11) is 2.90. The molecule has 0 N–H and O–H groups in total. The standard InChI is InChI=1S/C22H20N2O3S/c1-5-9-15(6-2)19-12-17(16-10-7-8-11-20(16)26-3)18(13-23)22(24-19)28-14-21(25)27-4/h5-12H,1-2,14H2,3-4H3/b15-9+. The quantitative estimate of drug-likeness (QED) is 0.370. The molecule has 142 valence electrons. The minimum atomic E-state index is -0.398. The molecule has 1 aromatic heterocycles. The van der Waals surface area contributed by atoms with Gasteiger partial charge in [0.15, 0.2) is 0 Å². The van der Waals surface area contributed by atoms with Crippen LogP contribution in [-0.4, -0.2) is 30.9 Å². The molecular formula is C22H20N2O3S. The van der Waals surface area contributed by atoms with Gasteiger partial charge in [0.1, 0.15) is 16.8 Å². The predicted octanol–water partition coefficient (Wildman–Crippen LogP) is 4.65. The van der Waals surface area contributed by atoms with E-state index in [1.165, 1.54) is 7.11 Å². The zero-order valence-electron chi connectivity index (χ0n) is 15.8. The molecule has 28 heavy (non-hydrogen) atoms. The SMILES string of the molecule is C=C/C=C(\C=C)c1cc(-c2ccccc2OC)c(C#N)c(SCC(=O)OC)n1. The Morgan fingerprint density at radius 2 is 2.04 bits per heavy atom. The molecule has 2 rings (SSSR count). The largest absolute Gasteiger partial charge is 0.496 e. The number of allylic oxidation sites excluding steroid dienone is 4. The van der Waals surface area contributed by atoms with Gasteiger partial charge in [-0.25, -0.2) is 4.98 Å². The number of carbonyl (C=O) groups excluding carboxylic acids is 1. The molecule has 0 aliphatic heterocycles. The smallest absolute Gasteiger partial charge is 0.316 e. The van der Waals surface area contributed by atoms with E-state index in [0.717, 1.165) is 22.9 Å². The van der Waals surface area contributed by atoms with Gasteiger partial charge in [0.25, 0.3) is 0 Å². The molecule has 0 aliphatic carbocycles. The van der Waals surface area contributed by atoms with Crippen molar-refractivity contribution < 1.29 is 14.3 Å². The molecule has 6 heteroatoms. The lowest BCUT2D eigenvalue weighted by Gasteiger charge is -2.14. The van der Waals surface area contributed by atoms with E-state index in [-0.39, 0.29) is 5.75 Å². The monoisotopic (exact) mass is 392 g/mol. The Kier molecular flexibility index (Phi) is 7.61. The van der Waals surface area contributed by atoms with Crippen molar-refractivity contribution in [3.05, 3.63) is 73.0 Å². The van der Waals surface area contributed by atoms with Crippen LogP contribution < -0.4 is 4.74 Å². The molecule has 0 saturated carbocycles. The summed E-state index contributed by atoms with van der Waals surface area (Å²) in [6, 6.07) is 11.5. The summed E-state index contributed by atoms with van der Waals surface area (Å²) in [6.45, 7) is 7.54. The number of hydrogen-bond acceptors (Lipinski definition) is 6. The Balaban J connectivity index is 2.76. The minimum absolute atomic E-state index is 0.0432. The summed E-state index contributed by atoms with van der Waals surface area (Å²) in [5, 5.41) is 10.3. The summed E-state index contributed by atoms with van der Waals surface area (Å²) < 4.78 is 10.2. The Bertz CT molecular complexity index is 974. The molecule has 0 bridgehead atoms. The number of thioether (sulfide) groups is 1. The molecule has 0 radical (unpaired) electrons. The number of nitriles is 1. The maximum absolute atomic E-state index is 11.6. The summed E-state index contributed by atoms with van der Waals surface area (Å²) in [4.78, 5) is 16.2. The molecule has 0 saturated heterocycles. The zero-order chi connectivity index (χ0) is 20.5. The number of hydrogen-bond donors (Lipinski definition) is 0. The van der Waals surface area contributed by atoms with Gasteiger partial charge in [-0.1, -0.05) is 61.3 Å². The lowest BCUT2D eigenvalue weighted by atomic mass is 9.98. The second-order valence-corrected chi connectivity index (χ2v) is 6.44. The van der Waals surface area contributed by atoms with E-state index >= 15 is 0 Å². The van der Waals surface area contributed by atoms with Gasteiger partial charge < -0.3 is 9.47 Å². The number of rotatable bonds is 8. The van der Waals surface area contributed by atoms with Crippen LogP contribution in [0.3, 0.4) is 0 Å². The van der Waals surface area contributed by atoms with Gasteiger partial charge in [-0.15, -0.1) is 0 Å². The van der Waals surface area contributed by atoms with E-state index in [2.05, 4.69) is 24.2 Å². The number of nitrogens with zero attached hydrogens (tertiary/aromatic N) is 2. The van der Waals surface area contributed by atoms with Crippen LogP contribution in [0.15, 0.2) is 66.7 Å². The van der Waals surface area contributed by atoms with E-state index in [1.807, 2.05) is 30.3 Å². The second kappa shape index (κ2) is 10.1. The fourth-order valence-corrected chi connectivity index (χ4v) is 3.37. The maximum atomic E-state index is 11.6. The van der Waals surface area contributed by atoms with Crippen molar-refractivity contribution in [1.29, 1.82) is 5.26 Å². The fraction of sp³-hybridized carbons (Fsp3) is 0.136. The number of benzene rings is 1. The lowest BCUT2D eigenvalue weighted by Crippen LogP contribution is -2.05. The molecule has 0 fully saturated rings. The van der Waals surface area contributed by atoms with E-state index in [0.29, 0.717) is 27.6 Å². The van der Waals surface area contributed by atoms with Gasteiger partial charge >= 0.3 is 5.97 Å². The third-order valence-electron chi connectivity index (χ3n) is 3.86. The van der Waals surface area contributed by atoms with E-state index in [9.17, 15) is 10.1 Å². The Morgan fingerprint density at radius 1 is 1.29 bits per heavy atom. The van der Waals surface area contributed by atoms with Gasteiger partial charge in [-0.3, -0.25) is 4.79 Å². The van der Waals surface area contributed by atoms with Crippen molar-refractivity contribution in [2.75, 3.05) is 20.0 Å². The van der Waals surface area contributed by atoms with Crippen molar-refractivity contribution in [1.82, 2.24) is 4.98 Å². The summed E-state index contributed by atoms with van der Waals surface area (Å²) in [6.07, 6.45) is 5.08. The zero-order valence-corrected chi connectivity index (χ0v) is 16.6. The van der Waals surface area contributed by atoms with Crippen LogP contribution in [0.5, 0.6) is 5.75 Å². The molecule has 5 nitrogen and oxygen atoms in total. The first-order valence-electron chi connectivity index (χ1n) is 8.33. The third-order valence-corrected chi connectivity index (χ3v) is 4.81. The Labute approximate surface area is 169 Å². The first-order valence-corrected chi connectivity index (χ1v) is 9.31. The highest BCUT2D eigenvalue weighted by Gasteiger charge is 2.19. The Morgan fingerprint density at radius 3 is 2.64 bits per heavy atom. The normalized spacial score (nSPS) is 10.7. The van der Waals surface area contributed by atoms with E-state index in [4.69, 9.17) is 9.47 Å². The number of methoxy groups -OCH3 is 2. The van der Waals surface area contributed by atoms with Crippen LogP contribution in [0.4, 0.5) is 0 Å². The fourth-order valence-electron chi connectivity index (χ4n) is 2.53. The van der Waals surface area contributed by atoms with Gasteiger partial charge in [-0.05, 0) is 17.7 Å². The molecule has 1 heterocycles. The van der Waals surface area contributed by atoms with Gasteiger partial charge in [0.05, 0.1) is 31.2 Å². The van der Waals surface area contributed by atoms with Crippen molar-refractivity contribution in [3.63, 3.8) is 0 Å². The highest BCUT2D eigenvalue weighted by molar-refractivity contribution is 7.99. The maximum Gasteiger partial charge on any atom is 0.316 e. The minimum Gasteiger partial charge on any atom is -0.496 e. The van der Waals surface area contributed by atoms with Crippen LogP contribution in [0, 0.1) is 11.3 Å². The molecule has 2 aromatic rings. The number of aromatic nitrogens is 1.